The van der Waals surface area contributed by atoms with Gasteiger partial charge in [-0.15, -0.1) is 0 Å². The summed E-state index contributed by atoms with van der Waals surface area (Å²) in [7, 11) is 0. The summed E-state index contributed by atoms with van der Waals surface area (Å²) in [4.78, 5) is 37.4. The zero-order valence-electron chi connectivity index (χ0n) is 14.4. The molecule has 0 unspecified atom stereocenters. The fourth-order valence-corrected chi connectivity index (χ4v) is 2.92. The first-order valence-corrected chi connectivity index (χ1v) is 7.92. The third-order valence-corrected chi connectivity index (χ3v) is 4.11. The van der Waals surface area contributed by atoms with Gasteiger partial charge in [0.2, 0.25) is 0 Å². The van der Waals surface area contributed by atoms with Crippen LogP contribution in [0.25, 0.3) is 17.8 Å². The van der Waals surface area contributed by atoms with Crippen molar-refractivity contribution in [1.82, 2.24) is 14.5 Å². The molecule has 1 aromatic carbocycles. The Morgan fingerprint density at radius 3 is 2.41 bits per heavy atom. The number of nitrogens with one attached hydrogen (secondary N) is 2. The van der Waals surface area contributed by atoms with Gasteiger partial charge in [0.05, 0.1) is 4.92 Å². The van der Waals surface area contributed by atoms with Crippen molar-refractivity contribution in [3.63, 3.8) is 0 Å². The van der Waals surface area contributed by atoms with Crippen LogP contribution in [0.15, 0.2) is 39.9 Å². The molecule has 0 atom stereocenters. The second kappa shape index (κ2) is 6.87. The smallest absolute Gasteiger partial charge is 0.318 e. The number of benzene rings is 1. The van der Waals surface area contributed by atoms with Crippen LogP contribution in [0, 0.1) is 29.8 Å². The maximum absolute atomic E-state index is 13.2. The summed E-state index contributed by atoms with van der Waals surface area (Å²) < 4.78 is 15.0. The van der Waals surface area contributed by atoms with Gasteiger partial charge in [-0.2, -0.15) is 0 Å². The Bertz CT molecular complexity index is 1170. The molecule has 0 bridgehead atoms. The van der Waals surface area contributed by atoms with Crippen molar-refractivity contribution in [1.29, 1.82) is 0 Å². The lowest BCUT2D eigenvalue weighted by Gasteiger charge is -2.09. The average Bonchev–Trinajstić information content (AvgIpc) is 2.87. The van der Waals surface area contributed by atoms with E-state index in [-0.39, 0.29) is 11.5 Å². The number of aryl methyl sites for hydroxylation is 1. The molecule has 27 heavy (non-hydrogen) atoms. The Morgan fingerprint density at radius 2 is 1.78 bits per heavy atom. The van der Waals surface area contributed by atoms with Gasteiger partial charge in [0.15, 0.2) is 0 Å². The maximum Gasteiger partial charge on any atom is 0.357 e. The monoisotopic (exact) mass is 370 g/mol. The highest BCUT2D eigenvalue weighted by molar-refractivity contribution is 5.73. The number of halogens is 1. The van der Waals surface area contributed by atoms with Crippen molar-refractivity contribution in [2.45, 2.75) is 13.8 Å². The topological polar surface area (TPSA) is 114 Å². The van der Waals surface area contributed by atoms with E-state index in [4.69, 9.17) is 0 Å². The first-order valence-electron chi connectivity index (χ1n) is 7.92. The second-order valence-electron chi connectivity index (χ2n) is 5.90. The molecule has 9 heteroatoms. The van der Waals surface area contributed by atoms with E-state index in [0.29, 0.717) is 0 Å². The predicted molar refractivity (Wildman–Crippen MR) is 98.5 cm³/mol. The summed E-state index contributed by atoms with van der Waals surface area (Å²) in [6, 6.07) is 7.83. The number of hydrogen-bond acceptors (Lipinski definition) is 4. The van der Waals surface area contributed by atoms with Crippen molar-refractivity contribution < 1.29 is 9.31 Å². The van der Waals surface area contributed by atoms with E-state index in [1.54, 1.807) is 18.2 Å². The number of aromatic amines is 2. The molecule has 0 aliphatic carbocycles. The molecule has 0 radical (unpaired) electrons. The van der Waals surface area contributed by atoms with Crippen molar-refractivity contribution in [2.24, 2.45) is 0 Å². The van der Waals surface area contributed by atoms with E-state index in [0.717, 1.165) is 22.6 Å². The van der Waals surface area contributed by atoms with Gasteiger partial charge in [-0.1, -0.05) is 6.08 Å². The van der Waals surface area contributed by atoms with Crippen molar-refractivity contribution in [3.05, 3.63) is 89.7 Å². The fraction of sp³-hybridized carbons (Fsp3) is 0.111. The SMILES string of the molecule is Cc1cc(/C=C/c2[nH]c(=O)[nH]c(=O)c2[N+](=O)[O-])c(C)n1-c1ccc(F)cc1. The highest BCUT2D eigenvalue weighted by Gasteiger charge is 2.19. The van der Waals surface area contributed by atoms with E-state index in [9.17, 15) is 24.1 Å². The lowest BCUT2D eigenvalue weighted by atomic mass is 10.2. The molecular formula is C18H15FN4O4. The Kier molecular flexibility index (Phi) is 4.59. The maximum atomic E-state index is 13.2. The Hall–Kier alpha value is -3.75. The molecule has 0 spiro atoms. The molecule has 0 aliphatic rings. The molecule has 2 aromatic heterocycles. The molecule has 3 rings (SSSR count). The summed E-state index contributed by atoms with van der Waals surface area (Å²) >= 11 is 0. The fourth-order valence-electron chi connectivity index (χ4n) is 2.92. The number of rotatable bonds is 4. The van der Waals surface area contributed by atoms with Gasteiger partial charge in [0.25, 0.3) is 0 Å². The van der Waals surface area contributed by atoms with Crippen LogP contribution in [0.3, 0.4) is 0 Å². The highest BCUT2D eigenvalue weighted by atomic mass is 19.1. The average molecular weight is 370 g/mol. The highest BCUT2D eigenvalue weighted by Crippen LogP contribution is 2.23. The second-order valence-corrected chi connectivity index (χ2v) is 5.90. The number of H-pyrrole nitrogens is 2. The number of aromatic nitrogens is 3. The molecule has 3 aromatic rings. The van der Waals surface area contributed by atoms with Crippen LogP contribution in [0.4, 0.5) is 10.1 Å². The lowest BCUT2D eigenvalue weighted by molar-refractivity contribution is -0.386. The number of nitrogens with zero attached hydrogens (tertiary/aromatic N) is 2. The quantitative estimate of drug-likeness (QED) is 0.543. The van der Waals surface area contributed by atoms with Crippen molar-refractivity contribution in [3.8, 4) is 5.69 Å². The van der Waals surface area contributed by atoms with Crippen LogP contribution < -0.4 is 11.2 Å². The first-order chi connectivity index (χ1) is 12.8. The largest absolute Gasteiger partial charge is 0.357 e. The molecule has 2 N–H and O–H groups in total. The van der Waals surface area contributed by atoms with E-state index < -0.39 is 21.9 Å². The summed E-state index contributed by atoms with van der Waals surface area (Å²) in [5.41, 5.74) is 0.340. The zero-order valence-corrected chi connectivity index (χ0v) is 14.4. The van der Waals surface area contributed by atoms with Crippen LogP contribution in [0.1, 0.15) is 22.6 Å². The Balaban J connectivity index is 2.07. The van der Waals surface area contributed by atoms with Gasteiger partial charge in [-0.3, -0.25) is 19.9 Å². The number of hydrogen-bond donors (Lipinski definition) is 2. The third-order valence-electron chi connectivity index (χ3n) is 4.11. The van der Waals surface area contributed by atoms with Gasteiger partial charge in [0, 0.05) is 17.1 Å². The van der Waals surface area contributed by atoms with Crippen molar-refractivity contribution in [2.75, 3.05) is 0 Å². The van der Waals surface area contributed by atoms with E-state index in [1.165, 1.54) is 18.2 Å². The van der Waals surface area contributed by atoms with Crippen LogP contribution in [0.2, 0.25) is 0 Å². The standard InChI is InChI=1S/C18H15FN4O4/c1-10-9-12(11(2)22(10)14-6-4-13(19)5-7-14)3-8-15-16(23(26)27)17(24)21-18(25)20-15/h3-9H,1-2H3,(H2,20,21,24,25)/b8-3+. The molecule has 0 aliphatic heterocycles. The Labute approximate surface area is 151 Å². The van der Waals surface area contributed by atoms with Crippen LogP contribution in [-0.4, -0.2) is 19.5 Å². The first kappa shape index (κ1) is 18.1. The number of nitro groups is 1. The lowest BCUT2D eigenvalue weighted by Crippen LogP contribution is -2.25. The normalized spacial score (nSPS) is 11.2. The van der Waals surface area contributed by atoms with E-state index >= 15 is 0 Å². The molecule has 8 nitrogen and oxygen atoms in total. The van der Waals surface area contributed by atoms with E-state index in [1.807, 2.05) is 29.5 Å². The van der Waals surface area contributed by atoms with Gasteiger partial charge >= 0.3 is 16.9 Å². The summed E-state index contributed by atoms with van der Waals surface area (Å²) in [6.45, 7) is 3.70. The van der Waals surface area contributed by atoms with Crippen molar-refractivity contribution >= 4 is 17.8 Å². The molecule has 2 heterocycles. The molecule has 0 amide bonds. The zero-order chi connectivity index (χ0) is 19.7. The van der Waals surface area contributed by atoms with Crippen LogP contribution >= 0.6 is 0 Å². The minimum absolute atomic E-state index is 0.194. The van der Waals surface area contributed by atoms with Gasteiger partial charge in [-0.25, -0.2) is 9.18 Å². The molecular weight excluding hydrogens is 355 g/mol. The van der Waals surface area contributed by atoms with Crippen LogP contribution in [0.5, 0.6) is 0 Å². The molecule has 0 saturated carbocycles. The van der Waals surface area contributed by atoms with Crippen LogP contribution in [-0.2, 0) is 0 Å². The molecule has 0 fully saturated rings. The molecule has 138 valence electrons. The minimum Gasteiger partial charge on any atom is -0.318 e. The summed E-state index contributed by atoms with van der Waals surface area (Å²) in [6.07, 6.45) is 2.88. The summed E-state index contributed by atoms with van der Waals surface area (Å²) in [5, 5.41) is 11.1. The minimum atomic E-state index is -1.07. The third kappa shape index (κ3) is 3.47. The van der Waals surface area contributed by atoms with E-state index in [2.05, 4.69) is 4.98 Å². The Morgan fingerprint density at radius 1 is 1.11 bits per heavy atom. The van der Waals surface area contributed by atoms with Gasteiger partial charge < -0.3 is 9.55 Å². The molecule has 0 saturated heterocycles. The predicted octanol–water partition coefficient (Wildman–Crippen LogP) is 2.69. The van der Waals surface area contributed by atoms with Gasteiger partial charge in [0.1, 0.15) is 11.5 Å². The van der Waals surface area contributed by atoms with Gasteiger partial charge in [-0.05, 0) is 55.8 Å². The summed E-state index contributed by atoms with van der Waals surface area (Å²) in [5.74, 6) is -0.341.